The van der Waals surface area contributed by atoms with E-state index in [-0.39, 0.29) is 0 Å². The Morgan fingerprint density at radius 3 is 2.79 bits per heavy atom. The molecule has 2 rings (SSSR count). The van der Waals surface area contributed by atoms with Crippen LogP contribution in [0.5, 0.6) is 0 Å². The van der Waals surface area contributed by atoms with Crippen molar-refractivity contribution in [2.75, 3.05) is 0 Å². The molecule has 72 valence electrons. The zero-order valence-corrected chi connectivity index (χ0v) is 10.1. The molecule has 0 bridgehead atoms. The van der Waals surface area contributed by atoms with Gasteiger partial charge in [0.2, 0.25) is 0 Å². The Labute approximate surface area is 98.7 Å². The number of carboxylic acid groups (broad SMARTS) is 1. The summed E-state index contributed by atoms with van der Waals surface area (Å²) in [7, 11) is 0. The number of halogens is 1. The van der Waals surface area contributed by atoms with Crippen molar-refractivity contribution < 1.29 is 9.90 Å². The smallest absolute Gasteiger partial charge is 0.346 e. The van der Waals surface area contributed by atoms with E-state index in [0.29, 0.717) is 4.88 Å². The summed E-state index contributed by atoms with van der Waals surface area (Å²) in [4.78, 5) is 11.4. The lowest BCUT2D eigenvalue weighted by atomic mass is 10.1. The monoisotopic (exact) mass is 318 g/mol. The zero-order valence-electron chi connectivity index (χ0n) is 7.16. The van der Waals surface area contributed by atoms with E-state index in [1.54, 1.807) is 0 Å². The number of thiophene rings is 1. The van der Waals surface area contributed by atoms with Crippen LogP contribution in [-0.4, -0.2) is 11.1 Å². The van der Waals surface area contributed by atoms with E-state index < -0.39 is 5.97 Å². The molecule has 0 unspecified atom stereocenters. The fraction of sp³-hybridized carbons (Fsp3) is 0.100. The lowest BCUT2D eigenvalue weighted by Gasteiger charge is -1.94. The van der Waals surface area contributed by atoms with Crippen molar-refractivity contribution in [1.29, 1.82) is 0 Å². The summed E-state index contributed by atoms with van der Waals surface area (Å²) in [5.41, 5.74) is 0.943. The van der Waals surface area contributed by atoms with E-state index in [1.807, 2.05) is 24.3 Å². The normalized spacial score (nSPS) is 10.6. The van der Waals surface area contributed by atoms with E-state index >= 15 is 0 Å². The van der Waals surface area contributed by atoms with Crippen LogP contribution < -0.4 is 0 Å². The molecule has 0 saturated carbocycles. The van der Waals surface area contributed by atoms with Crippen molar-refractivity contribution in [3.63, 3.8) is 0 Å². The van der Waals surface area contributed by atoms with E-state index in [1.165, 1.54) is 11.3 Å². The fourth-order valence-corrected chi connectivity index (χ4v) is 3.52. The van der Waals surface area contributed by atoms with Crippen LogP contribution in [0.4, 0.5) is 0 Å². The number of hydrogen-bond donors (Lipinski definition) is 1. The van der Waals surface area contributed by atoms with Gasteiger partial charge in [-0.1, -0.05) is 40.8 Å². The molecule has 0 spiro atoms. The van der Waals surface area contributed by atoms with Gasteiger partial charge in [0.25, 0.3) is 0 Å². The maximum absolute atomic E-state index is 11.0. The quantitative estimate of drug-likeness (QED) is 0.679. The lowest BCUT2D eigenvalue weighted by Crippen LogP contribution is -1.95. The Bertz CT molecular complexity index is 490. The van der Waals surface area contributed by atoms with E-state index in [0.717, 1.165) is 20.1 Å². The molecule has 0 radical (unpaired) electrons. The van der Waals surface area contributed by atoms with Crippen LogP contribution in [0, 0.1) is 0 Å². The van der Waals surface area contributed by atoms with Crippen molar-refractivity contribution in [3.8, 4) is 0 Å². The van der Waals surface area contributed by atoms with Crippen molar-refractivity contribution in [3.05, 3.63) is 34.7 Å². The summed E-state index contributed by atoms with van der Waals surface area (Å²) in [6.07, 6.45) is 0. The molecular weight excluding hydrogens is 311 g/mol. The summed E-state index contributed by atoms with van der Waals surface area (Å²) in [5.74, 6) is -0.821. The minimum absolute atomic E-state index is 0.473. The second-order valence-corrected chi connectivity index (χ2v) is 4.66. The molecule has 0 aliphatic heterocycles. The molecule has 0 atom stereocenters. The fourth-order valence-electron chi connectivity index (χ4n) is 1.40. The first-order valence-corrected chi connectivity index (χ1v) is 6.38. The van der Waals surface area contributed by atoms with Gasteiger partial charge in [-0.25, -0.2) is 4.79 Å². The van der Waals surface area contributed by atoms with Crippen LogP contribution in [0.25, 0.3) is 10.1 Å². The molecule has 0 fully saturated rings. The highest BCUT2D eigenvalue weighted by molar-refractivity contribution is 14.1. The molecule has 0 aliphatic carbocycles. The molecule has 2 nitrogen and oxygen atoms in total. The highest BCUT2D eigenvalue weighted by Gasteiger charge is 2.15. The maximum atomic E-state index is 11.0. The highest BCUT2D eigenvalue weighted by Crippen LogP contribution is 2.32. The Hall–Kier alpha value is -0.620. The van der Waals surface area contributed by atoms with Crippen molar-refractivity contribution in [1.82, 2.24) is 0 Å². The van der Waals surface area contributed by atoms with Gasteiger partial charge in [0, 0.05) is 9.13 Å². The molecule has 0 saturated heterocycles. The molecule has 4 heteroatoms. The average molecular weight is 318 g/mol. The maximum Gasteiger partial charge on any atom is 0.346 e. The number of hydrogen-bond acceptors (Lipinski definition) is 2. The first-order chi connectivity index (χ1) is 6.74. The molecule has 14 heavy (non-hydrogen) atoms. The molecule has 1 heterocycles. The molecule has 1 aromatic carbocycles. The predicted molar refractivity (Wildman–Crippen MR) is 66.5 cm³/mol. The topological polar surface area (TPSA) is 37.3 Å². The summed E-state index contributed by atoms with van der Waals surface area (Å²) in [5, 5.41) is 10.1. The van der Waals surface area contributed by atoms with Gasteiger partial charge >= 0.3 is 5.97 Å². The van der Waals surface area contributed by atoms with Gasteiger partial charge < -0.3 is 5.11 Å². The molecule has 1 aromatic heterocycles. The molecule has 0 amide bonds. The largest absolute Gasteiger partial charge is 0.477 e. The number of rotatable bonds is 2. The molecular formula is C10H7IO2S. The van der Waals surface area contributed by atoms with Crippen molar-refractivity contribution in [2.45, 2.75) is 4.43 Å². The Kier molecular flexibility index (Phi) is 2.73. The first-order valence-electron chi connectivity index (χ1n) is 4.03. The summed E-state index contributed by atoms with van der Waals surface area (Å²) in [6.45, 7) is 0. The number of benzene rings is 1. The second-order valence-electron chi connectivity index (χ2n) is 2.84. The summed E-state index contributed by atoms with van der Waals surface area (Å²) < 4.78 is 1.79. The van der Waals surface area contributed by atoms with Gasteiger partial charge in [-0.3, -0.25) is 0 Å². The van der Waals surface area contributed by atoms with Crippen molar-refractivity contribution >= 4 is 50.0 Å². The molecule has 2 aromatic rings. The predicted octanol–water partition coefficient (Wildman–Crippen LogP) is 3.53. The van der Waals surface area contributed by atoms with Crippen LogP contribution in [-0.2, 0) is 4.43 Å². The Balaban J connectivity index is 2.78. The SMILES string of the molecule is O=C(O)c1sc2ccccc2c1CI. The summed E-state index contributed by atoms with van der Waals surface area (Å²) in [6, 6.07) is 7.81. The second kappa shape index (κ2) is 3.86. The van der Waals surface area contributed by atoms with Crippen LogP contribution in [0.1, 0.15) is 15.2 Å². The number of fused-ring (bicyclic) bond motifs is 1. The third kappa shape index (κ3) is 1.52. The lowest BCUT2D eigenvalue weighted by molar-refractivity contribution is 0.0701. The zero-order chi connectivity index (χ0) is 10.1. The Morgan fingerprint density at radius 1 is 1.43 bits per heavy atom. The van der Waals surface area contributed by atoms with Gasteiger partial charge in [0.1, 0.15) is 4.88 Å². The number of carbonyl (C=O) groups is 1. The Morgan fingerprint density at radius 2 is 2.14 bits per heavy atom. The third-order valence-corrected chi connectivity index (χ3v) is 3.99. The third-order valence-electron chi connectivity index (χ3n) is 2.03. The van der Waals surface area contributed by atoms with Crippen LogP contribution in [0.3, 0.4) is 0 Å². The van der Waals surface area contributed by atoms with E-state index in [9.17, 15) is 4.79 Å². The minimum atomic E-state index is -0.821. The minimum Gasteiger partial charge on any atom is -0.477 e. The van der Waals surface area contributed by atoms with E-state index in [4.69, 9.17) is 5.11 Å². The van der Waals surface area contributed by atoms with Gasteiger partial charge in [-0.15, -0.1) is 11.3 Å². The van der Waals surface area contributed by atoms with Crippen LogP contribution in [0.15, 0.2) is 24.3 Å². The summed E-state index contributed by atoms with van der Waals surface area (Å²) >= 11 is 3.55. The standard InChI is InChI=1S/C10H7IO2S/c11-5-7-6-3-1-2-4-8(6)14-9(7)10(12)13/h1-4H,5H2,(H,12,13). The van der Waals surface area contributed by atoms with Gasteiger partial charge in [0.15, 0.2) is 0 Å². The van der Waals surface area contributed by atoms with Gasteiger partial charge in [-0.2, -0.15) is 0 Å². The first kappa shape index (κ1) is 9.92. The van der Waals surface area contributed by atoms with Crippen LogP contribution >= 0.6 is 33.9 Å². The van der Waals surface area contributed by atoms with Gasteiger partial charge in [0.05, 0.1) is 0 Å². The number of aromatic carboxylic acids is 1. The van der Waals surface area contributed by atoms with Crippen LogP contribution in [0.2, 0.25) is 0 Å². The molecule has 1 N–H and O–H groups in total. The van der Waals surface area contributed by atoms with Gasteiger partial charge in [-0.05, 0) is 17.0 Å². The van der Waals surface area contributed by atoms with E-state index in [2.05, 4.69) is 22.6 Å². The average Bonchev–Trinajstić information content (AvgIpc) is 2.56. The number of carboxylic acids is 1. The van der Waals surface area contributed by atoms with Crippen molar-refractivity contribution in [2.24, 2.45) is 0 Å². The molecule has 0 aliphatic rings. The highest BCUT2D eigenvalue weighted by atomic mass is 127. The number of alkyl halides is 1.